The highest BCUT2D eigenvalue weighted by Gasteiger charge is 2.22. The van der Waals surface area contributed by atoms with Crippen molar-refractivity contribution in [2.24, 2.45) is 5.73 Å². The molecule has 0 aliphatic heterocycles. The van der Waals surface area contributed by atoms with Gasteiger partial charge in [-0.05, 0) is 25.0 Å². The second-order valence-electron chi connectivity index (χ2n) is 5.19. The molecule has 1 aromatic rings. The molecule has 0 aromatic heterocycles. The molecule has 1 saturated carbocycles. The topological polar surface area (TPSA) is 98.3 Å². The van der Waals surface area contributed by atoms with E-state index in [1.54, 1.807) is 0 Å². The average Bonchev–Trinajstić information content (AvgIpc) is 2.64. The van der Waals surface area contributed by atoms with Crippen molar-refractivity contribution in [3.8, 4) is 0 Å². The quantitative estimate of drug-likeness (QED) is 0.501. The van der Waals surface area contributed by atoms with E-state index in [-0.39, 0.29) is 23.7 Å². The third kappa shape index (κ3) is 3.54. The number of carbonyl (C=O) groups excluding carboxylic acids is 1. The first-order valence-electron chi connectivity index (χ1n) is 6.89. The molecule has 0 saturated heterocycles. The normalized spacial score (nSPS) is 22.9. The Balaban J connectivity index is 2.01. The number of non-ortho nitro benzene ring substituents is 1. The Bertz CT molecular complexity index is 487. The molecule has 20 heavy (non-hydrogen) atoms. The Labute approximate surface area is 117 Å². The molecular formula is C14H19N3O3. The van der Waals surface area contributed by atoms with Gasteiger partial charge in [-0.15, -0.1) is 0 Å². The predicted molar refractivity (Wildman–Crippen MR) is 75.4 cm³/mol. The molecule has 1 amide bonds. The molecule has 1 aliphatic rings. The molecule has 0 bridgehead atoms. The van der Waals surface area contributed by atoms with Gasteiger partial charge in [-0.1, -0.05) is 19.3 Å². The van der Waals surface area contributed by atoms with Crippen LogP contribution in [0, 0.1) is 10.1 Å². The summed E-state index contributed by atoms with van der Waals surface area (Å²) in [6.07, 6.45) is 5.13. The van der Waals surface area contributed by atoms with Crippen molar-refractivity contribution in [2.75, 3.05) is 0 Å². The van der Waals surface area contributed by atoms with Crippen LogP contribution in [-0.2, 0) is 0 Å². The maximum atomic E-state index is 12.1. The van der Waals surface area contributed by atoms with E-state index in [9.17, 15) is 14.9 Å². The van der Waals surface area contributed by atoms with Crippen molar-refractivity contribution in [1.82, 2.24) is 5.32 Å². The van der Waals surface area contributed by atoms with Gasteiger partial charge in [0.05, 0.1) is 4.92 Å². The van der Waals surface area contributed by atoms with Crippen molar-refractivity contribution >= 4 is 11.6 Å². The zero-order valence-corrected chi connectivity index (χ0v) is 11.2. The lowest BCUT2D eigenvalue weighted by Gasteiger charge is -2.22. The van der Waals surface area contributed by atoms with Gasteiger partial charge in [0.2, 0.25) is 0 Å². The van der Waals surface area contributed by atoms with Crippen LogP contribution in [0.5, 0.6) is 0 Å². The Morgan fingerprint density at radius 3 is 2.50 bits per heavy atom. The third-order valence-corrected chi connectivity index (χ3v) is 3.73. The molecule has 108 valence electrons. The van der Waals surface area contributed by atoms with E-state index >= 15 is 0 Å². The number of nitrogens with one attached hydrogen (secondary N) is 1. The van der Waals surface area contributed by atoms with Gasteiger partial charge in [0, 0.05) is 29.8 Å². The van der Waals surface area contributed by atoms with Crippen LogP contribution in [0.1, 0.15) is 42.5 Å². The highest BCUT2D eigenvalue weighted by atomic mass is 16.6. The van der Waals surface area contributed by atoms with E-state index in [1.165, 1.54) is 24.3 Å². The van der Waals surface area contributed by atoms with Crippen LogP contribution >= 0.6 is 0 Å². The highest BCUT2D eigenvalue weighted by molar-refractivity contribution is 5.94. The molecule has 2 rings (SSSR count). The van der Waals surface area contributed by atoms with Gasteiger partial charge in [-0.25, -0.2) is 0 Å². The standard InChI is InChI=1S/C14H19N3O3/c15-12-4-2-1-3-5-13(12)16-14(18)10-6-8-11(9-7-10)17(19)20/h6-9,12-13H,1-5,15H2,(H,16,18). The van der Waals surface area contributed by atoms with Gasteiger partial charge < -0.3 is 11.1 Å². The fourth-order valence-corrected chi connectivity index (χ4v) is 2.50. The Kier molecular flexibility index (Phi) is 4.68. The summed E-state index contributed by atoms with van der Waals surface area (Å²) in [6.45, 7) is 0. The van der Waals surface area contributed by atoms with E-state index < -0.39 is 4.92 Å². The third-order valence-electron chi connectivity index (χ3n) is 3.73. The maximum Gasteiger partial charge on any atom is 0.269 e. The first-order chi connectivity index (χ1) is 9.58. The monoisotopic (exact) mass is 277 g/mol. The summed E-state index contributed by atoms with van der Waals surface area (Å²) in [5.74, 6) is -0.220. The molecule has 2 unspecified atom stereocenters. The van der Waals surface area contributed by atoms with Crippen molar-refractivity contribution in [3.05, 3.63) is 39.9 Å². The number of nitrogens with two attached hydrogens (primary N) is 1. The number of carbonyl (C=O) groups is 1. The number of nitro benzene ring substituents is 1. The molecule has 1 aliphatic carbocycles. The molecule has 1 fully saturated rings. The largest absolute Gasteiger partial charge is 0.348 e. The molecule has 1 aromatic carbocycles. The number of hydrogen-bond donors (Lipinski definition) is 2. The zero-order chi connectivity index (χ0) is 14.5. The first-order valence-corrected chi connectivity index (χ1v) is 6.89. The molecule has 2 atom stereocenters. The Hall–Kier alpha value is -1.95. The summed E-state index contributed by atoms with van der Waals surface area (Å²) >= 11 is 0. The van der Waals surface area contributed by atoms with Crippen molar-refractivity contribution in [2.45, 2.75) is 44.2 Å². The van der Waals surface area contributed by atoms with Crippen molar-refractivity contribution < 1.29 is 9.72 Å². The van der Waals surface area contributed by atoms with Gasteiger partial charge in [-0.3, -0.25) is 14.9 Å². The lowest BCUT2D eigenvalue weighted by molar-refractivity contribution is -0.384. The number of nitrogens with zero attached hydrogens (tertiary/aromatic N) is 1. The van der Waals surface area contributed by atoms with E-state index in [1.807, 2.05) is 0 Å². The smallest absolute Gasteiger partial charge is 0.269 e. The summed E-state index contributed by atoms with van der Waals surface area (Å²) in [5, 5.41) is 13.5. The minimum atomic E-state index is -0.483. The average molecular weight is 277 g/mol. The van der Waals surface area contributed by atoms with Crippen LogP contribution in [-0.4, -0.2) is 22.9 Å². The fourth-order valence-electron chi connectivity index (χ4n) is 2.50. The van der Waals surface area contributed by atoms with Crippen LogP contribution in [0.25, 0.3) is 0 Å². The van der Waals surface area contributed by atoms with E-state index in [4.69, 9.17) is 5.73 Å². The second kappa shape index (κ2) is 6.47. The molecule has 6 nitrogen and oxygen atoms in total. The zero-order valence-electron chi connectivity index (χ0n) is 11.2. The SMILES string of the molecule is NC1CCCCCC1NC(=O)c1ccc([N+](=O)[O-])cc1. The maximum absolute atomic E-state index is 12.1. The summed E-state index contributed by atoms with van der Waals surface area (Å²) < 4.78 is 0. The number of amides is 1. The fraction of sp³-hybridized carbons (Fsp3) is 0.500. The molecule has 3 N–H and O–H groups in total. The van der Waals surface area contributed by atoms with Crippen LogP contribution in [0.15, 0.2) is 24.3 Å². The van der Waals surface area contributed by atoms with Crippen LogP contribution in [0.4, 0.5) is 5.69 Å². The van der Waals surface area contributed by atoms with Crippen LogP contribution in [0.3, 0.4) is 0 Å². The lowest BCUT2D eigenvalue weighted by atomic mass is 10.0. The van der Waals surface area contributed by atoms with Gasteiger partial charge in [0.1, 0.15) is 0 Å². The molecule has 0 radical (unpaired) electrons. The first kappa shape index (κ1) is 14.5. The summed E-state index contributed by atoms with van der Waals surface area (Å²) in [6, 6.07) is 5.58. The minimum Gasteiger partial charge on any atom is -0.348 e. The van der Waals surface area contributed by atoms with Crippen molar-refractivity contribution in [3.63, 3.8) is 0 Å². The van der Waals surface area contributed by atoms with E-state index in [0.717, 1.165) is 32.1 Å². The second-order valence-corrected chi connectivity index (χ2v) is 5.19. The number of hydrogen-bond acceptors (Lipinski definition) is 4. The Morgan fingerprint density at radius 2 is 1.85 bits per heavy atom. The molecule has 0 spiro atoms. The van der Waals surface area contributed by atoms with Crippen LogP contribution < -0.4 is 11.1 Å². The predicted octanol–water partition coefficient (Wildman–Crippen LogP) is 1.98. The summed E-state index contributed by atoms with van der Waals surface area (Å²) in [4.78, 5) is 22.2. The minimum absolute atomic E-state index is 0.0137. The molecule has 0 heterocycles. The molecule has 6 heteroatoms. The highest BCUT2D eigenvalue weighted by Crippen LogP contribution is 2.18. The van der Waals surface area contributed by atoms with Gasteiger partial charge in [0.15, 0.2) is 0 Å². The number of nitro groups is 1. The molecular weight excluding hydrogens is 258 g/mol. The van der Waals surface area contributed by atoms with Gasteiger partial charge in [0.25, 0.3) is 11.6 Å². The summed E-state index contributed by atoms with van der Waals surface area (Å²) in [7, 11) is 0. The van der Waals surface area contributed by atoms with E-state index in [2.05, 4.69) is 5.32 Å². The van der Waals surface area contributed by atoms with Crippen LogP contribution in [0.2, 0.25) is 0 Å². The number of rotatable bonds is 3. The summed E-state index contributed by atoms with van der Waals surface area (Å²) in [5.41, 5.74) is 6.47. The van der Waals surface area contributed by atoms with Gasteiger partial charge in [-0.2, -0.15) is 0 Å². The van der Waals surface area contributed by atoms with E-state index in [0.29, 0.717) is 5.56 Å². The van der Waals surface area contributed by atoms with Crippen molar-refractivity contribution in [1.29, 1.82) is 0 Å². The lowest BCUT2D eigenvalue weighted by Crippen LogP contribution is -2.46. The Morgan fingerprint density at radius 1 is 1.20 bits per heavy atom. The van der Waals surface area contributed by atoms with Gasteiger partial charge >= 0.3 is 0 Å². The number of benzene rings is 1.